The van der Waals surface area contributed by atoms with Crippen LogP contribution in [0.2, 0.25) is 0 Å². The molecule has 1 aliphatic carbocycles. The van der Waals surface area contributed by atoms with Crippen molar-refractivity contribution in [3.8, 4) is 0 Å². The van der Waals surface area contributed by atoms with Crippen molar-refractivity contribution in [2.24, 2.45) is 0 Å². The summed E-state index contributed by atoms with van der Waals surface area (Å²) >= 11 is 2.00. The average molecular weight is 284 g/mol. The molecule has 3 heteroatoms. The van der Waals surface area contributed by atoms with Crippen molar-refractivity contribution in [2.45, 2.75) is 42.8 Å². The van der Waals surface area contributed by atoms with Gasteiger partial charge in [0.25, 0.3) is 0 Å². The maximum absolute atomic E-state index is 3.58. The Balaban J connectivity index is 1.41. The minimum absolute atomic E-state index is 0.660. The lowest BCUT2D eigenvalue weighted by atomic mass is 10.0. The van der Waals surface area contributed by atoms with Crippen molar-refractivity contribution in [3.05, 3.63) is 53.9 Å². The van der Waals surface area contributed by atoms with Crippen LogP contribution in [0.5, 0.6) is 0 Å². The van der Waals surface area contributed by atoms with E-state index in [1.165, 1.54) is 34.6 Å². The van der Waals surface area contributed by atoms with E-state index in [0.717, 1.165) is 19.1 Å². The van der Waals surface area contributed by atoms with Gasteiger partial charge < -0.3 is 9.88 Å². The molecule has 1 aromatic carbocycles. The Kier molecular flexibility index (Phi) is 3.32. The summed E-state index contributed by atoms with van der Waals surface area (Å²) in [6, 6.07) is 11.9. The van der Waals surface area contributed by atoms with Crippen LogP contribution in [-0.2, 0) is 13.1 Å². The van der Waals surface area contributed by atoms with Crippen LogP contribution in [0.15, 0.2) is 47.6 Å². The molecule has 1 aromatic heterocycles. The number of benzene rings is 1. The van der Waals surface area contributed by atoms with E-state index >= 15 is 0 Å². The quantitative estimate of drug-likeness (QED) is 0.903. The van der Waals surface area contributed by atoms with Gasteiger partial charge in [-0.1, -0.05) is 18.2 Å². The number of nitrogens with zero attached hydrogens (tertiary/aromatic N) is 1. The molecule has 2 aliphatic rings. The Bertz CT molecular complexity index is 601. The summed E-state index contributed by atoms with van der Waals surface area (Å²) in [5, 5.41) is 3.58. The van der Waals surface area contributed by atoms with Gasteiger partial charge in [0.1, 0.15) is 0 Å². The lowest BCUT2D eigenvalue weighted by Crippen LogP contribution is -2.14. The number of hydrogen-bond acceptors (Lipinski definition) is 2. The number of nitrogens with one attached hydrogen (secondary N) is 1. The van der Waals surface area contributed by atoms with Gasteiger partial charge in [-0.3, -0.25) is 0 Å². The third-order valence-electron chi connectivity index (χ3n) is 4.21. The third-order valence-corrected chi connectivity index (χ3v) is 5.47. The molecule has 2 aromatic rings. The maximum Gasteiger partial charge on any atom is 0.0297 e. The minimum Gasteiger partial charge on any atom is -0.353 e. The van der Waals surface area contributed by atoms with Crippen LogP contribution in [0.25, 0.3) is 0 Å². The van der Waals surface area contributed by atoms with E-state index in [1.54, 1.807) is 0 Å². The summed E-state index contributed by atoms with van der Waals surface area (Å²) < 4.78 is 2.36. The molecule has 2 nitrogen and oxygen atoms in total. The average Bonchev–Trinajstić information content (AvgIpc) is 3.06. The highest BCUT2D eigenvalue weighted by Crippen LogP contribution is 2.40. The molecule has 0 amide bonds. The number of thioether (sulfide) groups is 1. The summed E-state index contributed by atoms with van der Waals surface area (Å²) in [4.78, 5) is 1.47. The number of fused-ring (bicyclic) bond motifs is 1. The van der Waals surface area contributed by atoms with Crippen LogP contribution in [0, 0.1) is 0 Å². The van der Waals surface area contributed by atoms with Crippen LogP contribution >= 0.6 is 11.8 Å². The largest absolute Gasteiger partial charge is 0.353 e. The summed E-state index contributed by atoms with van der Waals surface area (Å²) in [7, 11) is 0. The zero-order valence-corrected chi connectivity index (χ0v) is 12.4. The fourth-order valence-corrected chi connectivity index (χ4v) is 4.14. The molecule has 2 heterocycles. The van der Waals surface area contributed by atoms with E-state index < -0.39 is 0 Å². The Morgan fingerprint density at radius 1 is 1.20 bits per heavy atom. The minimum atomic E-state index is 0.660. The molecule has 1 unspecified atom stereocenters. The highest BCUT2D eigenvalue weighted by atomic mass is 32.2. The van der Waals surface area contributed by atoms with Crippen molar-refractivity contribution in [1.29, 1.82) is 0 Å². The van der Waals surface area contributed by atoms with Gasteiger partial charge in [0.15, 0.2) is 0 Å². The van der Waals surface area contributed by atoms with Gasteiger partial charge in [0.05, 0.1) is 0 Å². The van der Waals surface area contributed by atoms with Crippen LogP contribution in [0.4, 0.5) is 0 Å². The zero-order chi connectivity index (χ0) is 13.4. The fourth-order valence-electron chi connectivity index (χ4n) is 2.89. The molecule has 0 bridgehead atoms. The first-order valence-electron chi connectivity index (χ1n) is 7.48. The van der Waals surface area contributed by atoms with E-state index in [2.05, 4.69) is 52.6 Å². The number of aromatic nitrogens is 1. The third kappa shape index (κ3) is 2.65. The monoisotopic (exact) mass is 284 g/mol. The second-order valence-corrected chi connectivity index (χ2v) is 6.98. The molecule has 0 radical (unpaired) electrons. The van der Waals surface area contributed by atoms with Crippen LogP contribution < -0.4 is 5.32 Å². The molecule has 104 valence electrons. The maximum atomic E-state index is 3.58. The van der Waals surface area contributed by atoms with Crippen LogP contribution in [0.3, 0.4) is 0 Å². The smallest absolute Gasteiger partial charge is 0.0297 e. The second-order valence-electron chi connectivity index (χ2n) is 5.92. The Labute approximate surface area is 124 Å². The number of hydrogen-bond donors (Lipinski definition) is 1. The topological polar surface area (TPSA) is 17.0 Å². The van der Waals surface area contributed by atoms with Crippen LogP contribution in [0.1, 0.15) is 29.9 Å². The standard InChI is InChI=1S/C17H20N2S/c1-2-4-17-16(3-1)14(12-20-17)11-19-8-7-13(10-19)9-18-15-5-6-15/h1-4,7-8,10,14-15,18H,5-6,9,11-12H2. The van der Waals surface area contributed by atoms with E-state index in [4.69, 9.17) is 0 Å². The van der Waals surface area contributed by atoms with E-state index in [0.29, 0.717) is 5.92 Å². The van der Waals surface area contributed by atoms with Crippen molar-refractivity contribution in [1.82, 2.24) is 9.88 Å². The van der Waals surface area contributed by atoms with E-state index in [9.17, 15) is 0 Å². The van der Waals surface area contributed by atoms with E-state index in [1.807, 2.05) is 11.8 Å². The number of rotatable bonds is 5. The zero-order valence-electron chi connectivity index (χ0n) is 11.6. The molecular weight excluding hydrogens is 264 g/mol. The summed E-state index contributed by atoms with van der Waals surface area (Å²) in [6.45, 7) is 2.13. The van der Waals surface area contributed by atoms with Gasteiger partial charge >= 0.3 is 0 Å². The van der Waals surface area contributed by atoms with E-state index in [-0.39, 0.29) is 0 Å². The fraction of sp³-hybridized carbons (Fsp3) is 0.412. The first-order valence-corrected chi connectivity index (χ1v) is 8.47. The lowest BCUT2D eigenvalue weighted by Gasteiger charge is -2.11. The molecule has 0 saturated heterocycles. The van der Waals surface area contributed by atoms with Crippen molar-refractivity contribution < 1.29 is 0 Å². The Morgan fingerprint density at radius 2 is 2.10 bits per heavy atom. The summed E-state index contributed by atoms with van der Waals surface area (Å²) in [6.07, 6.45) is 7.25. The van der Waals surface area contributed by atoms with Crippen molar-refractivity contribution >= 4 is 11.8 Å². The summed E-state index contributed by atoms with van der Waals surface area (Å²) in [5.41, 5.74) is 2.94. The molecule has 0 spiro atoms. The highest BCUT2D eigenvalue weighted by molar-refractivity contribution is 7.99. The molecule has 1 saturated carbocycles. The molecule has 20 heavy (non-hydrogen) atoms. The van der Waals surface area contributed by atoms with Gasteiger partial charge in [0.2, 0.25) is 0 Å². The van der Waals surface area contributed by atoms with Crippen molar-refractivity contribution in [3.63, 3.8) is 0 Å². The second kappa shape index (κ2) is 5.30. The Morgan fingerprint density at radius 3 is 3.00 bits per heavy atom. The molecule has 1 aliphatic heterocycles. The lowest BCUT2D eigenvalue weighted by molar-refractivity contribution is 0.605. The van der Waals surface area contributed by atoms with Gasteiger partial charge in [-0.15, -0.1) is 11.8 Å². The normalized spacial score (nSPS) is 21.1. The molecule has 1 N–H and O–H groups in total. The van der Waals surface area contributed by atoms with Gasteiger partial charge in [-0.25, -0.2) is 0 Å². The van der Waals surface area contributed by atoms with Crippen molar-refractivity contribution in [2.75, 3.05) is 5.75 Å². The molecule has 1 atom stereocenters. The predicted octanol–water partition coefficient (Wildman–Crippen LogP) is 3.63. The van der Waals surface area contributed by atoms with Gasteiger partial charge in [-0.05, 0) is 36.1 Å². The SMILES string of the molecule is c1ccc2c(c1)SCC2Cn1ccc(CNC2CC2)c1. The first kappa shape index (κ1) is 12.5. The Hall–Kier alpha value is -1.19. The highest BCUT2D eigenvalue weighted by Gasteiger charge is 2.23. The van der Waals surface area contributed by atoms with Crippen LogP contribution in [-0.4, -0.2) is 16.4 Å². The first-order chi connectivity index (χ1) is 9.88. The van der Waals surface area contributed by atoms with Gasteiger partial charge in [0, 0.05) is 48.1 Å². The molecule has 1 fully saturated rings. The predicted molar refractivity (Wildman–Crippen MR) is 84.2 cm³/mol. The molecule has 4 rings (SSSR count). The molecular formula is C17H20N2S. The van der Waals surface area contributed by atoms with Gasteiger partial charge in [-0.2, -0.15) is 0 Å². The summed E-state index contributed by atoms with van der Waals surface area (Å²) in [5.74, 6) is 1.88.